The van der Waals surface area contributed by atoms with Gasteiger partial charge in [-0.3, -0.25) is 9.90 Å². The number of hydrogen-bond acceptors (Lipinski definition) is 6. The van der Waals surface area contributed by atoms with Crippen LogP contribution in [0.3, 0.4) is 0 Å². The average molecular weight is 486 g/mol. The van der Waals surface area contributed by atoms with Crippen molar-refractivity contribution in [3.05, 3.63) is 98.9 Å². The van der Waals surface area contributed by atoms with E-state index >= 15 is 0 Å². The Morgan fingerprint density at radius 3 is 2.64 bits per heavy atom. The molecular weight excluding hydrogens is 465 g/mol. The molecule has 3 aromatic rings. The fourth-order valence-corrected chi connectivity index (χ4v) is 4.30. The van der Waals surface area contributed by atoms with Crippen molar-refractivity contribution in [2.75, 3.05) is 11.6 Å². The minimum atomic E-state index is -0.813. The molecule has 1 unspecified atom stereocenters. The second-order valence-electron chi connectivity index (χ2n) is 7.74. The number of carbonyl (C=O) groups is 1. The van der Waals surface area contributed by atoms with Crippen LogP contribution in [0.4, 0.5) is 5.69 Å². The molecule has 7 nitrogen and oxygen atoms in total. The first kappa shape index (κ1) is 23.0. The molecule has 5 rings (SSSR count). The van der Waals surface area contributed by atoms with E-state index in [9.17, 15) is 10.0 Å². The van der Waals surface area contributed by atoms with E-state index < -0.39 is 5.97 Å². The molecule has 1 atom stereocenters. The number of anilines is 1. The van der Waals surface area contributed by atoms with Gasteiger partial charge in [0.15, 0.2) is 12.4 Å². The van der Waals surface area contributed by atoms with Crippen molar-refractivity contribution >= 4 is 40.6 Å². The maximum atomic E-state index is 11.6. The molecule has 1 N–H and O–H groups in total. The van der Waals surface area contributed by atoms with E-state index in [-0.39, 0.29) is 5.56 Å². The summed E-state index contributed by atoms with van der Waals surface area (Å²) in [6, 6.07) is 15.7. The smallest absolute Gasteiger partial charge is 0.372 e. The second-order valence-corrected chi connectivity index (χ2v) is 8.61. The van der Waals surface area contributed by atoms with Crippen molar-refractivity contribution in [1.82, 2.24) is 0 Å². The van der Waals surface area contributed by atoms with Crippen molar-refractivity contribution in [3.8, 4) is 0 Å². The number of aromatic nitrogens is 1. The van der Waals surface area contributed by atoms with Crippen LogP contribution in [-0.4, -0.2) is 23.5 Å². The molecule has 0 saturated carbocycles. The Bertz CT molecular complexity index is 1180. The Kier molecular flexibility index (Phi) is 7.13. The summed E-state index contributed by atoms with van der Waals surface area (Å²) in [6.07, 6.45) is 6.43. The fraction of sp³-hybridized carbons (Fsp3) is 0.208. The molecule has 1 aliphatic heterocycles. The molecule has 1 aromatic heterocycles. The van der Waals surface area contributed by atoms with Crippen LogP contribution in [0.1, 0.15) is 34.3 Å². The monoisotopic (exact) mass is 485 g/mol. The summed E-state index contributed by atoms with van der Waals surface area (Å²) in [5, 5.41) is 27.6. The predicted octanol–water partition coefficient (Wildman–Crippen LogP) is 5.12. The maximum Gasteiger partial charge on any atom is 0.372 e. The number of halogens is 2. The number of pyridine rings is 1. The zero-order chi connectivity index (χ0) is 23.4. The van der Waals surface area contributed by atoms with E-state index in [0.717, 1.165) is 52.5 Å². The van der Waals surface area contributed by atoms with Crippen LogP contribution in [-0.2, 0) is 11.3 Å². The summed E-state index contributed by atoms with van der Waals surface area (Å²) in [5.41, 5.74) is 4.54. The van der Waals surface area contributed by atoms with Crippen LogP contribution >= 0.6 is 23.2 Å². The number of fused-ring (bicyclic) bond motifs is 3. The van der Waals surface area contributed by atoms with Gasteiger partial charge in [0.25, 0.3) is 0 Å². The first-order valence-corrected chi connectivity index (χ1v) is 11.1. The Hall–Kier alpha value is -3.13. The number of hydrogen-bond donors (Lipinski definition) is 1. The summed E-state index contributed by atoms with van der Waals surface area (Å²) in [7, 11) is 0. The lowest BCUT2D eigenvalue weighted by molar-refractivity contribution is -0.605. The Morgan fingerprint density at radius 2 is 1.91 bits per heavy atom. The van der Waals surface area contributed by atoms with E-state index in [1.54, 1.807) is 24.5 Å². The quantitative estimate of drug-likeness (QED) is 0.235. The molecular formula is C24H21Cl2N3O4. The lowest BCUT2D eigenvalue weighted by Crippen LogP contribution is -2.38. The third-order valence-electron chi connectivity index (χ3n) is 5.64. The van der Waals surface area contributed by atoms with Gasteiger partial charge in [-0.2, -0.15) is 15.1 Å². The van der Waals surface area contributed by atoms with Gasteiger partial charge in [-0.05, 0) is 67.3 Å². The zero-order valence-electron chi connectivity index (χ0n) is 17.5. The molecule has 1 aliphatic carbocycles. The van der Waals surface area contributed by atoms with Crippen molar-refractivity contribution in [1.29, 1.82) is 0 Å². The summed E-state index contributed by atoms with van der Waals surface area (Å²) in [6.45, 7) is 0.898. The van der Waals surface area contributed by atoms with Gasteiger partial charge in [0, 0.05) is 28.6 Å². The maximum absolute atomic E-state index is 11.6. The van der Waals surface area contributed by atoms with Crippen LogP contribution in [0.15, 0.2) is 72.1 Å². The van der Waals surface area contributed by atoms with Crippen molar-refractivity contribution in [2.24, 2.45) is 11.0 Å². The highest BCUT2D eigenvalue weighted by atomic mass is 35.5. The molecule has 0 bridgehead atoms. The van der Waals surface area contributed by atoms with Gasteiger partial charge < -0.3 is 5.21 Å². The molecule has 33 heavy (non-hydrogen) atoms. The third kappa shape index (κ3) is 5.45. The molecule has 0 amide bonds. The number of benzene rings is 2. The molecule has 0 saturated heterocycles. The normalized spacial score (nSPS) is 16.5. The summed E-state index contributed by atoms with van der Waals surface area (Å²) < 4.78 is 0.866. The van der Waals surface area contributed by atoms with E-state index in [0.29, 0.717) is 10.9 Å². The number of hydrazone groups is 1. The summed E-state index contributed by atoms with van der Waals surface area (Å²) in [5.74, 6) is -0.356. The Morgan fingerprint density at radius 1 is 1.12 bits per heavy atom. The van der Waals surface area contributed by atoms with Crippen molar-refractivity contribution < 1.29 is 19.7 Å². The minimum absolute atomic E-state index is 0.222. The third-order valence-corrected chi connectivity index (χ3v) is 6.12. The van der Waals surface area contributed by atoms with Crippen LogP contribution in [0.25, 0.3) is 0 Å². The Balaban J connectivity index is 0.000000200. The predicted molar refractivity (Wildman–Crippen MR) is 127 cm³/mol. The average Bonchev–Trinajstić information content (AvgIpc) is 2.84. The van der Waals surface area contributed by atoms with E-state index in [4.69, 9.17) is 33.6 Å². The molecule has 0 fully saturated rings. The topological polar surface area (TPSA) is 89.1 Å². The highest BCUT2D eigenvalue weighted by Gasteiger charge is 2.31. The molecule has 2 aromatic carbocycles. The SMILES string of the molecule is O=C(OO)c1cccc(Cl)c1.[O-][n+]1ccc2c(c1)C1=NN(c3ccc(Cl)cc3)CCC1CC2. The van der Waals surface area contributed by atoms with Gasteiger partial charge in [-0.1, -0.05) is 29.3 Å². The lowest BCUT2D eigenvalue weighted by atomic mass is 9.80. The number of rotatable bonds is 2. The molecule has 2 aliphatic rings. The van der Waals surface area contributed by atoms with Crippen molar-refractivity contribution in [2.45, 2.75) is 19.3 Å². The molecule has 2 heterocycles. The van der Waals surface area contributed by atoms with E-state index in [2.05, 4.69) is 4.89 Å². The van der Waals surface area contributed by atoms with Gasteiger partial charge in [0.2, 0.25) is 0 Å². The Labute approximate surface area is 201 Å². The fourth-order valence-electron chi connectivity index (χ4n) is 3.98. The highest BCUT2D eigenvalue weighted by molar-refractivity contribution is 6.31. The van der Waals surface area contributed by atoms with Crippen LogP contribution < -0.4 is 9.74 Å². The summed E-state index contributed by atoms with van der Waals surface area (Å²) >= 11 is 11.5. The van der Waals surface area contributed by atoms with Gasteiger partial charge in [0.1, 0.15) is 0 Å². The largest absolute Gasteiger partial charge is 0.619 e. The van der Waals surface area contributed by atoms with Crippen LogP contribution in [0.2, 0.25) is 10.0 Å². The van der Waals surface area contributed by atoms with Crippen LogP contribution in [0.5, 0.6) is 0 Å². The highest BCUT2D eigenvalue weighted by Crippen LogP contribution is 2.32. The molecule has 0 spiro atoms. The number of carbonyl (C=O) groups excluding carboxylic acids is 1. The lowest BCUT2D eigenvalue weighted by Gasteiger charge is -2.34. The second kappa shape index (κ2) is 10.2. The standard InChI is InChI=1S/C17H16ClN3O.C7H5ClO3/c18-14-3-5-15(6-4-14)21-10-8-13-2-1-12-7-9-20(22)11-16(12)17(13)19-21;8-6-3-1-2-5(4-6)7(9)11-10/h3-7,9,11,13H,1-2,8,10H2;1-4,10H. The van der Waals surface area contributed by atoms with Gasteiger partial charge in [-0.15, -0.1) is 0 Å². The van der Waals surface area contributed by atoms with Gasteiger partial charge >= 0.3 is 5.97 Å². The first-order valence-electron chi connectivity index (χ1n) is 10.4. The molecule has 0 radical (unpaired) electrons. The summed E-state index contributed by atoms with van der Waals surface area (Å²) in [4.78, 5) is 14.1. The molecule has 170 valence electrons. The molecule has 9 heteroatoms. The minimum Gasteiger partial charge on any atom is -0.619 e. The van der Waals surface area contributed by atoms with Gasteiger partial charge in [0.05, 0.1) is 22.5 Å². The number of nitrogens with zero attached hydrogens (tertiary/aromatic N) is 3. The van der Waals surface area contributed by atoms with Crippen LogP contribution in [0, 0.1) is 11.1 Å². The number of aryl methyl sites for hydroxylation is 1. The first-order chi connectivity index (χ1) is 15.9. The van der Waals surface area contributed by atoms with E-state index in [1.807, 2.05) is 35.3 Å². The van der Waals surface area contributed by atoms with Gasteiger partial charge in [-0.25, -0.2) is 4.79 Å². The van der Waals surface area contributed by atoms with Crippen molar-refractivity contribution in [3.63, 3.8) is 0 Å². The zero-order valence-corrected chi connectivity index (χ0v) is 19.0. The van der Waals surface area contributed by atoms with E-state index in [1.165, 1.54) is 17.7 Å².